The summed E-state index contributed by atoms with van der Waals surface area (Å²) in [6.07, 6.45) is 12.9. The highest BCUT2D eigenvalue weighted by Crippen LogP contribution is 2.20. The molecule has 1 rings (SSSR count). The topological polar surface area (TPSA) is 21.6 Å². The second-order valence-electron chi connectivity index (χ2n) is 3.72. The van der Waals surface area contributed by atoms with Gasteiger partial charge >= 0.3 is 0 Å². The lowest BCUT2D eigenvalue weighted by Crippen LogP contribution is -2.13. The van der Waals surface area contributed by atoms with Gasteiger partial charge in [-0.1, -0.05) is 24.9 Å². The van der Waals surface area contributed by atoms with Crippen molar-refractivity contribution in [2.45, 2.75) is 64.4 Å². The van der Waals surface area contributed by atoms with Gasteiger partial charge in [-0.15, -0.1) is 0 Å². The molecular weight excluding hydrogens is 162 g/mol. The van der Waals surface area contributed by atoms with E-state index in [0.29, 0.717) is 6.10 Å². The lowest BCUT2D eigenvalue weighted by Gasteiger charge is -2.18. The summed E-state index contributed by atoms with van der Waals surface area (Å²) in [5, 5.41) is 3.88. The van der Waals surface area contributed by atoms with Gasteiger partial charge in [0.25, 0.3) is 0 Å². The molecule has 2 nitrogen and oxygen atoms in total. The predicted octanol–water partition coefficient (Wildman–Crippen LogP) is 3.39. The lowest BCUT2D eigenvalue weighted by molar-refractivity contribution is 0.0336. The Hall–Kier alpha value is -0.530. The quantitative estimate of drug-likeness (QED) is 0.363. The van der Waals surface area contributed by atoms with Crippen LogP contribution in [0.3, 0.4) is 0 Å². The monoisotopic (exact) mass is 182 g/mol. The van der Waals surface area contributed by atoms with Gasteiger partial charge < -0.3 is 4.84 Å². The SMILES string of the molecule is CCCC/[C]=N\OC1CCCCC1. The van der Waals surface area contributed by atoms with E-state index in [1.165, 1.54) is 38.5 Å². The molecule has 0 aliphatic heterocycles. The summed E-state index contributed by atoms with van der Waals surface area (Å²) >= 11 is 0. The van der Waals surface area contributed by atoms with Crippen molar-refractivity contribution in [3.8, 4) is 0 Å². The van der Waals surface area contributed by atoms with E-state index < -0.39 is 0 Å². The maximum atomic E-state index is 5.34. The first kappa shape index (κ1) is 10.6. The third kappa shape index (κ3) is 4.91. The standard InChI is InChI=1S/C11H20NO/c1-2-3-7-10-12-13-11-8-5-4-6-9-11/h11H,2-9H2,1H3. The van der Waals surface area contributed by atoms with E-state index in [1.54, 1.807) is 0 Å². The van der Waals surface area contributed by atoms with Crippen LogP contribution in [0.1, 0.15) is 58.3 Å². The first-order valence-corrected chi connectivity index (χ1v) is 5.52. The summed E-state index contributed by atoms with van der Waals surface area (Å²) < 4.78 is 0. The fourth-order valence-corrected chi connectivity index (χ4v) is 1.58. The minimum atomic E-state index is 0.378. The average Bonchev–Trinajstić information content (AvgIpc) is 2.19. The van der Waals surface area contributed by atoms with Crippen LogP contribution in [0.5, 0.6) is 0 Å². The van der Waals surface area contributed by atoms with Crippen molar-refractivity contribution >= 4 is 6.21 Å². The van der Waals surface area contributed by atoms with Crippen LogP contribution in [-0.4, -0.2) is 12.3 Å². The zero-order valence-corrected chi connectivity index (χ0v) is 8.59. The highest BCUT2D eigenvalue weighted by Gasteiger charge is 2.13. The van der Waals surface area contributed by atoms with E-state index in [4.69, 9.17) is 4.84 Å². The van der Waals surface area contributed by atoms with Crippen LogP contribution in [0.4, 0.5) is 0 Å². The molecule has 0 bridgehead atoms. The molecule has 1 saturated carbocycles. The molecule has 1 fully saturated rings. The van der Waals surface area contributed by atoms with Crippen LogP contribution >= 0.6 is 0 Å². The Balaban J connectivity index is 2.00. The third-order valence-electron chi connectivity index (χ3n) is 2.46. The molecular formula is C11H20NO. The number of hydrogen-bond acceptors (Lipinski definition) is 2. The molecule has 0 atom stereocenters. The summed E-state index contributed by atoms with van der Waals surface area (Å²) in [6, 6.07) is 0. The summed E-state index contributed by atoms with van der Waals surface area (Å²) in [7, 11) is 0. The highest BCUT2D eigenvalue weighted by molar-refractivity contribution is 5.56. The Morgan fingerprint density at radius 2 is 2.08 bits per heavy atom. The number of unbranched alkanes of at least 4 members (excludes halogenated alkanes) is 2. The average molecular weight is 182 g/mol. The molecule has 0 N–H and O–H groups in total. The van der Waals surface area contributed by atoms with Gasteiger partial charge in [0, 0.05) is 0 Å². The van der Waals surface area contributed by atoms with E-state index in [9.17, 15) is 0 Å². The van der Waals surface area contributed by atoms with Crippen molar-refractivity contribution in [1.29, 1.82) is 0 Å². The molecule has 0 unspecified atom stereocenters. The second-order valence-corrected chi connectivity index (χ2v) is 3.72. The molecule has 13 heavy (non-hydrogen) atoms. The maximum absolute atomic E-state index is 5.34. The summed E-state index contributed by atoms with van der Waals surface area (Å²) in [4.78, 5) is 5.34. The number of rotatable bonds is 5. The van der Waals surface area contributed by atoms with Crippen LogP contribution in [-0.2, 0) is 4.84 Å². The van der Waals surface area contributed by atoms with Crippen molar-refractivity contribution in [1.82, 2.24) is 0 Å². The van der Waals surface area contributed by atoms with Crippen LogP contribution in [0.2, 0.25) is 0 Å². The number of nitrogens with zero attached hydrogens (tertiary/aromatic N) is 1. The Morgan fingerprint density at radius 3 is 2.77 bits per heavy atom. The van der Waals surface area contributed by atoms with Crippen molar-refractivity contribution < 1.29 is 4.84 Å². The fraction of sp³-hybridized carbons (Fsp3) is 0.909. The first-order valence-electron chi connectivity index (χ1n) is 5.52. The van der Waals surface area contributed by atoms with Crippen molar-refractivity contribution in [2.24, 2.45) is 5.16 Å². The molecule has 0 heterocycles. The van der Waals surface area contributed by atoms with E-state index in [-0.39, 0.29) is 0 Å². The molecule has 75 valence electrons. The Labute approximate surface area is 81.3 Å². The molecule has 0 aromatic heterocycles. The largest absolute Gasteiger partial charge is 0.392 e. The molecule has 0 spiro atoms. The molecule has 0 aromatic rings. The molecule has 0 aromatic carbocycles. The zero-order chi connectivity index (χ0) is 9.36. The predicted molar refractivity (Wildman–Crippen MR) is 54.9 cm³/mol. The molecule has 1 aliphatic carbocycles. The molecule has 0 amide bonds. The van der Waals surface area contributed by atoms with E-state index in [1.807, 2.05) is 0 Å². The lowest BCUT2D eigenvalue weighted by atomic mass is 9.98. The molecule has 0 saturated heterocycles. The van der Waals surface area contributed by atoms with Crippen LogP contribution in [0.15, 0.2) is 5.16 Å². The van der Waals surface area contributed by atoms with Gasteiger partial charge in [0.05, 0.1) is 0 Å². The van der Waals surface area contributed by atoms with Gasteiger partial charge in [0.15, 0.2) is 0 Å². The van der Waals surface area contributed by atoms with Crippen molar-refractivity contribution in [3.63, 3.8) is 0 Å². The Morgan fingerprint density at radius 1 is 1.31 bits per heavy atom. The van der Waals surface area contributed by atoms with Crippen molar-refractivity contribution in [2.75, 3.05) is 0 Å². The zero-order valence-electron chi connectivity index (χ0n) is 8.59. The summed E-state index contributed by atoms with van der Waals surface area (Å²) in [6.45, 7) is 2.17. The summed E-state index contributed by atoms with van der Waals surface area (Å²) in [5.74, 6) is 0. The Bertz CT molecular complexity index is 139. The van der Waals surface area contributed by atoms with Crippen LogP contribution in [0, 0.1) is 0 Å². The van der Waals surface area contributed by atoms with Gasteiger partial charge in [-0.2, -0.15) is 0 Å². The maximum Gasteiger partial charge on any atom is 0.127 e. The molecule has 2 heteroatoms. The van der Waals surface area contributed by atoms with Gasteiger partial charge in [0.2, 0.25) is 0 Å². The minimum absolute atomic E-state index is 0.378. The fourth-order valence-electron chi connectivity index (χ4n) is 1.58. The van der Waals surface area contributed by atoms with Gasteiger partial charge in [0.1, 0.15) is 12.3 Å². The smallest absolute Gasteiger partial charge is 0.127 e. The second kappa shape index (κ2) is 6.93. The molecule has 1 radical (unpaired) electrons. The van der Waals surface area contributed by atoms with Crippen molar-refractivity contribution in [3.05, 3.63) is 0 Å². The van der Waals surface area contributed by atoms with Crippen LogP contribution < -0.4 is 0 Å². The Kier molecular flexibility index (Phi) is 5.62. The van der Waals surface area contributed by atoms with Crippen LogP contribution in [0.25, 0.3) is 0 Å². The van der Waals surface area contributed by atoms with Gasteiger partial charge in [-0.3, -0.25) is 0 Å². The highest BCUT2D eigenvalue weighted by atomic mass is 16.6. The first-order chi connectivity index (χ1) is 6.43. The third-order valence-corrected chi connectivity index (χ3v) is 2.46. The van der Waals surface area contributed by atoms with E-state index >= 15 is 0 Å². The van der Waals surface area contributed by atoms with Gasteiger partial charge in [-0.05, 0) is 38.5 Å². The summed E-state index contributed by atoms with van der Waals surface area (Å²) in [5.41, 5.74) is 0. The normalized spacial score (nSPS) is 19.5. The van der Waals surface area contributed by atoms with E-state index in [2.05, 4.69) is 18.3 Å². The van der Waals surface area contributed by atoms with Gasteiger partial charge in [-0.25, -0.2) is 0 Å². The van der Waals surface area contributed by atoms with E-state index in [0.717, 1.165) is 12.8 Å². The minimum Gasteiger partial charge on any atom is -0.392 e. The molecule has 1 aliphatic rings. The number of hydrogen-bond donors (Lipinski definition) is 0.